The van der Waals surface area contributed by atoms with Crippen LogP contribution in [0.1, 0.15) is 12.5 Å². The highest BCUT2D eigenvalue weighted by molar-refractivity contribution is 7.88. The molecule has 0 amide bonds. The molecule has 0 saturated carbocycles. The van der Waals surface area contributed by atoms with E-state index in [1.165, 1.54) is 0 Å². The van der Waals surface area contributed by atoms with Crippen LogP contribution in [0.25, 0.3) is 11.0 Å². The maximum absolute atomic E-state index is 11.2. The Morgan fingerprint density at radius 1 is 1.09 bits per heavy atom. The number of aromatic nitrogens is 4. The lowest BCUT2D eigenvalue weighted by Gasteiger charge is -2.19. The van der Waals surface area contributed by atoms with Gasteiger partial charge in [-0.2, -0.15) is 4.98 Å². The fourth-order valence-corrected chi connectivity index (χ4v) is 4.27. The van der Waals surface area contributed by atoms with E-state index in [1.54, 1.807) is 30.5 Å². The van der Waals surface area contributed by atoms with Gasteiger partial charge in [0.1, 0.15) is 5.82 Å². The summed E-state index contributed by atoms with van der Waals surface area (Å²) in [6, 6.07) is 14.9. The van der Waals surface area contributed by atoms with Gasteiger partial charge >= 0.3 is 0 Å². The van der Waals surface area contributed by atoms with Gasteiger partial charge in [0.2, 0.25) is 21.9 Å². The zero-order valence-corrected chi connectivity index (χ0v) is 20.7. The first-order chi connectivity index (χ1) is 15.8. The molecule has 12 heteroatoms. The summed E-state index contributed by atoms with van der Waals surface area (Å²) >= 11 is 0. The highest BCUT2D eigenvalue weighted by Crippen LogP contribution is 2.28. The lowest BCUT2D eigenvalue weighted by molar-refractivity contribution is 0.597. The topological polar surface area (TPSA) is 131 Å². The van der Waals surface area contributed by atoms with Crippen molar-refractivity contribution in [1.82, 2.24) is 19.5 Å². The van der Waals surface area contributed by atoms with Crippen LogP contribution in [0.3, 0.4) is 0 Å². The Kier molecular flexibility index (Phi) is 7.60. The Bertz CT molecular complexity index is 1390. The van der Waals surface area contributed by atoms with E-state index in [0.717, 1.165) is 34.9 Å². The summed E-state index contributed by atoms with van der Waals surface area (Å²) in [5.41, 5.74) is 4.26. The summed E-state index contributed by atoms with van der Waals surface area (Å²) in [5.74, 6) is 1.76. The van der Waals surface area contributed by atoms with E-state index in [9.17, 15) is 8.42 Å². The quantitative estimate of drug-likeness (QED) is 0.333. The number of fused-ring (bicyclic) bond motifs is 1. The van der Waals surface area contributed by atoms with Crippen LogP contribution in [0.4, 0.5) is 29.1 Å². The Balaban J connectivity index is 0.00000324. The number of nitrogens with zero attached hydrogens (tertiary/aromatic N) is 5. The van der Waals surface area contributed by atoms with E-state index in [0.29, 0.717) is 17.3 Å². The Morgan fingerprint density at radius 2 is 1.82 bits per heavy atom. The van der Waals surface area contributed by atoms with Gasteiger partial charge in [-0.25, -0.2) is 23.5 Å². The van der Waals surface area contributed by atoms with E-state index < -0.39 is 10.0 Å². The molecule has 0 aliphatic heterocycles. The number of nitrogens with two attached hydrogens (primary N) is 1. The molecule has 2 heterocycles. The van der Waals surface area contributed by atoms with Crippen LogP contribution in [-0.2, 0) is 22.3 Å². The summed E-state index contributed by atoms with van der Waals surface area (Å²) in [6.45, 7) is 2.91. The molecule has 10 nitrogen and oxygen atoms in total. The van der Waals surface area contributed by atoms with E-state index in [2.05, 4.69) is 43.1 Å². The zero-order valence-electron chi connectivity index (χ0n) is 19.1. The number of benzene rings is 2. The number of sulfonamides is 1. The molecule has 4 N–H and O–H groups in total. The monoisotopic (exact) mass is 502 g/mol. The van der Waals surface area contributed by atoms with Gasteiger partial charge in [-0.15, -0.1) is 12.4 Å². The predicted octanol–water partition coefficient (Wildman–Crippen LogP) is 3.61. The molecule has 0 radical (unpaired) electrons. The first kappa shape index (κ1) is 25.2. The van der Waals surface area contributed by atoms with Gasteiger partial charge in [-0.3, -0.25) is 0 Å². The number of primary sulfonamides is 1. The lowest BCUT2D eigenvalue weighted by Crippen LogP contribution is -2.14. The molecule has 0 spiro atoms. The first-order valence-corrected chi connectivity index (χ1v) is 12.1. The lowest BCUT2D eigenvalue weighted by atomic mass is 10.2. The molecule has 180 valence electrons. The van der Waals surface area contributed by atoms with Gasteiger partial charge in [0.25, 0.3) is 0 Å². The van der Waals surface area contributed by atoms with Gasteiger partial charge < -0.3 is 20.1 Å². The first-order valence-electron chi connectivity index (χ1n) is 10.4. The second kappa shape index (κ2) is 10.2. The highest BCUT2D eigenvalue weighted by Gasteiger charge is 2.13. The fraction of sp³-hybridized carbons (Fsp3) is 0.227. The molecule has 2 aromatic carbocycles. The molecule has 0 bridgehead atoms. The highest BCUT2D eigenvalue weighted by atomic mass is 35.5. The molecule has 0 aliphatic rings. The second-order valence-corrected chi connectivity index (χ2v) is 9.14. The average molecular weight is 503 g/mol. The summed E-state index contributed by atoms with van der Waals surface area (Å²) in [4.78, 5) is 15.5. The van der Waals surface area contributed by atoms with Crippen LogP contribution in [-0.4, -0.2) is 42.0 Å². The summed E-state index contributed by atoms with van der Waals surface area (Å²) in [7, 11) is 0.232. The smallest absolute Gasteiger partial charge is 0.229 e. The standard InChI is InChI=1S/C22H26N8O2S.ClH/c1-4-30-19-10-9-17(13-18(19)27-22(30)24-2)29(3)20-11-12-25-21(28-20)26-16-7-5-15(6-8-16)14-33(23,31)32;/h5-13H,4,14H2,1-3H3,(H,24,27)(H2,23,31,32)(H,25,26,28);1H. The van der Waals surface area contributed by atoms with E-state index in [4.69, 9.17) is 5.14 Å². The predicted molar refractivity (Wildman–Crippen MR) is 139 cm³/mol. The van der Waals surface area contributed by atoms with Crippen molar-refractivity contribution in [2.45, 2.75) is 19.2 Å². The molecule has 2 aromatic heterocycles. The minimum Gasteiger partial charge on any atom is -0.359 e. The maximum Gasteiger partial charge on any atom is 0.229 e. The second-order valence-electron chi connectivity index (χ2n) is 7.53. The number of nitrogens with one attached hydrogen (secondary N) is 2. The summed E-state index contributed by atoms with van der Waals surface area (Å²) < 4.78 is 24.6. The van der Waals surface area contributed by atoms with Crippen LogP contribution >= 0.6 is 12.4 Å². The van der Waals surface area contributed by atoms with Crippen molar-refractivity contribution in [3.63, 3.8) is 0 Å². The third kappa shape index (κ3) is 5.56. The largest absolute Gasteiger partial charge is 0.359 e. The molecule has 34 heavy (non-hydrogen) atoms. The third-order valence-corrected chi connectivity index (χ3v) is 5.96. The maximum atomic E-state index is 11.2. The number of hydrogen-bond donors (Lipinski definition) is 3. The molecule has 0 unspecified atom stereocenters. The van der Waals surface area contributed by atoms with Crippen LogP contribution in [0.2, 0.25) is 0 Å². The molecule has 0 atom stereocenters. The Labute approximate surface area is 204 Å². The number of hydrogen-bond acceptors (Lipinski definition) is 8. The average Bonchev–Trinajstić information content (AvgIpc) is 3.16. The fourth-order valence-electron chi connectivity index (χ4n) is 3.61. The van der Waals surface area contributed by atoms with Crippen molar-refractivity contribution in [3.8, 4) is 0 Å². The minimum atomic E-state index is -3.57. The molecular formula is C22H27ClN8O2S. The van der Waals surface area contributed by atoms with E-state index in [1.807, 2.05) is 37.2 Å². The molecule has 4 aromatic rings. The van der Waals surface area contributed by atoms with Gasteiger partial charge in [-0.05, 0) is 48.9 Å². The van der Waals surface area contributed by atoms with Gasteiger partial charge in [0.15, 0.2) is 0 Å². The van der Waals surface area contributed by atoms with Crippen LogP contribution < -0.4 is 20.7 Å². The number of aryl methyl sites for hydroxylation is 1. The molecule has 4 rings (SSSR count). The van der Waals surface area contributed by atoms with Crippen molar-refractivity contribution >= 4 is 62.6 Å². The van der Waals surface area contributed by atoms with Crippen molar-refractivity contribution in [2.24, 2.45) is 5.14 Å². The minimum absolute atomic E-state index is 0. The van der Waals surface area contributed by atoms with Gasteiger partial charge in [0.05, 0.1) is 16.8 Å². The van der Waals surface area contributed by atoms with Gasteiger partial charge in [-0.1, -0.05) is 12.1 Å². The number of halogens is 1. The molecule has 0 fully saturated rings. The van der Waals surface area contributed by atoms with Crippen molar-refractivity contribution in [2.75, 3.05) is 29.6 Å². The van der Waals surface area contributed by atoms with Crippen LogP contribution in [0.15, 0.2) is 54.7 Å². The van der Waals surface area contributed by atoms with Crippen LogP contribution in [0, 0.1) is 0 Å². The molecule has 0 aliphatic carbocycles. The van der Waals surface area contributed by atoms with Crippen molar-refractivity contribution in [3.05, 3.63) is 60.3 Å². The Morgan fingerprint density at radius 3 is 2.47 bits per heavy atom. The number of anilines is 5. The number of imidazole rings is 1. The molecule has 0 saturated heterocycles. The summed E-state index contributed by atoms with van der Waals surface area (Å²) in [5, 5.41) is 11.4. The van der Waals surface area contributed by atoms with Crippen LogP contribution in [0.5, 0.6) is 0 Å². The zero-order chi connectivity index (χ0) is 23.6. The number of rotatable bonds is 8. The molecular weight excluding hydrogens is 476 g/mol. The Hall–Kier alpha value is -3.41. The summed E-state index contributed by atoms with van der Waals surface area (Å²) in [6.07, 6.45) is 1.68. The SMILES string of the molecule is CCn1c(NC)nc2cc(N(C)c3ccnc(Nc4ccc(CS(N)(=O)=O)cc4)n3)ccc21.Cl. The van der Waals surface area contributed by atoms with E-state index >= 15 is 0 Å². The van der Waals surface area contributed by atoms with Gasteiger partial charge in [0, 0.05) is 38.2 Å². The third-order valence-electron chi connectivity index (χ3n) is 5.22. The normalized spacial score (nSPS) is 11.2. The van der Waals surface area contributed by atoms with E-state index in [-0.39, 0.29) is 18.2 Å². The van der Waals surface area contributed by atoms with Crippen molar-refractivity contribution in [1.29, 1.82) is 0 Å². The van der Waals surface area contributed by atoms with Crippen molar-refractivity contribution < 1.29 is 8.42 Å².